The van der Waals surface area contributed by atoms with Crippen LogP contribution in [-0.2, 0) is 0 Å². The first-order chi connectivity index (χ1) is 10.2. The molecule has 0 atom stereocenters. The van der Waals surface area contributed by atoms with Crippen molar-refractivity contribution in [2.75, 3.05) is 7.11 Å². The van der Waals surface area contributed by atoms with Gasteiger partial charge in [-0.25, -0.2) is 0 Å². The molecule has 0 amide bonds. The Balaban J connectivity index is 2.42. The van der Waals surface area contributed by atoms with Gasteiger partial charge in [0, 0.05) is 5.56 Å². The number of Topliss-reactive ketones (excluding diaryl/α,β-unsaturated/α-hetero) is 1. The molecule has 2 aromatic carbocycles. The summed E-state index contributed by atoms with van der Waals surface area (Å²) in [7, 11) is 1.59. The number of benzene rings is 2. The van der Waals surface area contributed by atoms with Gasteiger partial charge in [0.2, 0.25) is 5.78 Å². The fourth-order valence-corrected chi connectivity index (χ4v) is 2.02. The Morgan fingerprint density at radius 1 is 1.00 bits per heavy atom. The Morgan fingerprint density at radius 3 is 2.14 bits per heavy atom. The van der Waals surface area contributed by atoms with Crippen molar-refractivity contribution in [2.24, 2.45) is 0 Å². The molecule has 0 aromatic heterocycles. The molecule has 0 spiro atoms. The van der Waals surface area contributed by atoms with E-state index in [0.717, 1.165) is 11.3 Å². The molecule has 21 heavy (non-hydrogen) atoms. The number of carbonyl (C=O) groups excluding carboxylic acids is 1. The molecule has 0 radical (unpaired) electrons. The lowest BCUT2D eigenvalue weighted by atomic mass is 9.96. The first-order valence-electron chi connectivity index (χ1n) is 6.52. The Bertz CT molecular complexity index is 707. The highest BCUT2D eigenvalue weighted by atomic mass is 16.5. The van der Waals surface area contributed by atoms with E-state index in [4.69, 9.17) is 4.74 Å². The second-order valence-corrected chi connectivity index (χ2v) is 4.54. The highest BCUT2D eigenvalue weighted by molar-refractivity contribution is 6.15. The van der Waals surface area contributed by atoms with Crippen molar-refractivity contribution in [3.8, 4) is 11.8 Å². The van der Waals surface area contributed by atoms with Crippen LogP contribution in [-0.4, -0.2) is 12.9 Å². The number of hydrogen-bond acceptors (Lipinski definition) is 3. The Kier molecular flexibility index (Phi) is 4.53. The third kappa shape index (κ3) is 3.18. The van der Waals surface area contributed by atoms with Crippen LogP contribution in [0.2, 0.25) is 0 Å². The van der Waals surface area contributed by atoms with Crippen LogP contribution in [0.5, 0.6) is 5.75 Å². The van der Waals surface area contributed by atoms with E-state index < -0.39 is 0 Å². The van der Waals surface area contributed by atoms with Crippen LogP contribution in [0.4, 0.5) is 0 Å². The molecule has 0 bridgehead atoms. The van der Waals surface area contributed by atoms with Crippen LogP contribution in [0.3, 0.4) is 0 Å². The van der Waals surface area contributed by atoms with Gasteiger partial charge >= 0.3 is 0 Å². The van der Waals surface area contributed by atoms with E-state index in [2.05, 4.69) is 0 Å². The molecule has 0 aliphatic carbocycles. The van der Waals surface area contributed by atoms with E-state index in [-0.39, 0.29) is 11.4 Å². The van der Waals surface area contributed by atoms with Crippen LogP contribution in [0.25, 0.3) is 5.57 Å². The molecule has 0 aliphatic heterocycles. The summed E-state index contributed by atoms with van der Waals surface area (Å²) in [6.45, 7) is 1.78. The minimum Gasteiger partial charge on any atom is -0.497 e. The van der Waals surface area contributed by atoms with Crippen molar-refractivity contribution >= 4 is 11.4 Å². The fraction of sp³-hybridized carbons (Fsp3) is 0.111. The predicted octanol–water partition coefficient (Wildman–Crippen LogP) is 3.88. The van der Waals surface area contributed by atoms with Crippen molar-refractivity contribution < 1.29 is 9.53 Å². The van der Waals surface area contributed by atoms with Gasteiger partial charge in [0.1, 0.15) is 17.4 Å². The first kappa shape index (κ1) is 14.5. The van der Waals surface area contributed by atoms with Crippen molar-refractivity contribution in [3.63, 3.8) is 0 Å². The van der Waals surface area contributed by atoms with Crippen LogP contribution in [0, 0.1) is 11.3 Å². The first-order valence-corrected chi connectivity index (χ1v) is 6.52. The van der Waals surface area contributed by atoms with Gasteiger partial charge in [-0.2, -0.15) is 5.26 Å². The van der Waals surface area contributed by atoms with E-state index >= 15 is 0 Å². The van der Waals surface area contributed by atoms with Gasteiger partial charge in [0.05, 0.1) is 7.11 Å². The van der Waals surface area contributed by atoms with Crippen LogP contribution < -0.4 is 4.74 Å². The van der Waals surface area contributed by atoms with Crippen molar-refractivity contribution in [1.29, 1.82) is 5.26 Å². The molecule has 3 nitrogen and oxygen atoms in total. The molecule has 0 unspecified atom stereocenters. The molecule has 0 fully saturated rings. The minimum atomic E-state index is -0.258. The number of hydrogen-bond donors (Lipinski definition) is 0. The summed E-state index contributed by atoms with van der Waals surface area (Å²) in [6, 6.07) is 18.1. The fourth-order valence-electron chi connectivity index (χ4n) is 2.02. The monoisotopic (exact) mass is 277 g/mol. The molecule has 0 saturated heterocycles. The molecule has 104 valence electrons. The maximum Gasteiger partial charge on any atom is 0.203 e. The highest BCUT2D eigenvalue weighted by Gasteiger charge is 2.15. The van der Waals surface area contributed by atoms with E-state index in [1.165, 1.54) is 0 Å². The molecule has 3 heteroatoms. The lowest BCUT2D eigenvalue weighted by molar-refractivity contribution is 0.103. The van der Waals surface area contributed by atoms with Crippen LogP contribution in [0.1, 0.15) is 22.8 Å². The zero-order valence-electron chi connectivity index (χ0n) is 12.0. The van der Waals surface area contributed by atoms with Gasteiger partial charge in [-0.1, -0.05) is 42.5 Å². The zero-order chi connectivity index (χ0) is 15.2. The van der Waals surface area contributed by atoms with Crippen LogP contribution in [0.15, 0.2) is 60.2 Å². The van der Waals surface area contributed by atoms with Gasteiger partial charge in [0.15, 0.2) is 0 Å². The van der Waals surface area contributed by atoms with Gasteiger partial charge in [-0.05, 0) is 30.2 Å². The number of ketones is 1. The molecular formula is C18H15NO2. The Morgan fingerprint density at radius 2 is 1.62 bits per heavy atom. The lowest BCUT2D eigenvalue weighted by Crippen LogP contribution is -2.04. The maximum absolute atomic E-state index is 12.4. The second kappa shape index (κ2) is 6.53. The molecule has 0 saturated carbocycles. The summed E-state index contributed by atoms with van der Waals surface area (Å²) in [6.07, 6.45) is 0. The van der Waals surface area contributed by atoms with E-state index in [1.54, 1.807) is 50.4 Å². The topological polar surface area (TPSA) is 50.1 Å². The summed E-state index contributed by atoms with van der Waals surface area (Å²) in [4.78, 5) is 12.4. The molecule has 0 aliphatic rings. The van der Waals surface area contributed by atoms with Gasteiger partial charge in [-0.3, -0.25) is 4.79 Å². The smallest absolute Gasteiger partial charge is 0.203 e. The molecule has 0 heterocycles. The number of nitriles is 1. The molecule has 2 rings (SSSR count). The average Bonchev–Trinajstić information content (AvgIpc) is 2.56. The standard InChI is InChI=1S/C18H15NO2/c1-13(14-8-10-16(21-2)11-9-14)17(12-19)18(20)15-6-4-3-5-7-15/h3-11H,1-2H3/b17-13-. The van der Waals surface area contributed by atoms with Gasteiger partial charge in [-0.15, -0.1) is 0 Å². The highest BCUT2D eigenvalue weighted by Crippen LogP contribution is 2.23. The normalized spacial score (nSPS) is 11.3. The lowest BCUT2D eigenvalue weighted by Gasteiger charge is -2.07. The van der Waals surface area contributed by atoms with E-state index in [1.807, 2.05) is 24.3 Å². The SMILES string of the molecule is COc1ccc(/C(C)=C(/C#N)C(=O)c2ccccc2)cc1. The van der Waals surface area contributed by atoms with Crippen molar-refractivity contribution in [3.05, 3.63) is 71.3 Å². The second-order valence-electron chi connectivity index (χ2n) is 4.54. The Hall–Kier alpha value is -2.86. The molecular weight excluding hydrogens is 262 g/mol. The van der Waals surface area contributed by atoms with E-state index in [9.17, 15) is 10.1 Å². The predicted molar refractivity (Wildman–Crippen MR) is 82.0 cm³/mol. The van der Waals surface area contributed by atoms with E-state index in [0.29, 0.717) is 11.1 Å². The third-order valence-electron chi connectivity index (χ3n) is 3.27. The Labute approximate surface area is 124 Å². The van der Waals surface area contributed by atoms with Gasteiger partial charge < -0.3 is 4.74 Å². The summed E-state index contributed by atoms with van der Waals surface area (Å²) in [5, 5.41) is 9.34. The van der Waals surface area contributed by atoms with Gasteiger partial charge in [0.25, 0.3) is 0 Å². The zero-order valence-corrected chi connectivity index (χ0v) is 12.0. The number of rotatable bonds is 4. The summed E-state index contributed by atoms with van der Waals surface area (Å²) in [5.41, 5.74) is 2.17. The summed E-state index contributed by atoms with van der Waals surface area (Å²) >= 11 is 0. The number of carbonyl (C=O) groups is 1. The van der Waals surface area contributed by atoms with Crippen LogP contribution >= 0.6 is 0 Å². The molecule has 2 aromatic rings. The number of ether oxygens (including phenoxy) is 1. The maximum atomic E-state index is 12.4. The van der Waals surface area contributed by atoms with Crippen molar-refractivity contribution in [2.45, 2.75) is 6.92 Å². The third-order valence-corrected chi connectivity index (χ3v) is 3.27. The number of methoxy groups -OCH3 is 1. The minimum absolute atomic E-state index is 0.159. The largest absolute Gasteiger partial charge is 0.497 e. The average molecular weight is 277 g/mol. The summed E-state index contributed by atoms with van der Waals surface area (Å²) in [5.74, 6) is 0.478. The quantitative estimate of drug-likeness (QED) is 0.484. The summed E-state index contributed by atoms with van der Waals surface area (Å²) < 4.78 is 5.10. The number of allylic oxidation sites excluding steroid dienone is 2. The molecule has 0 N–H and O–H groups in total. The van der Waals surface area contributed by atoms with Crippen molar-refractivity contribution in [1.82, 2.24) is 0 Å². The number of nitrogens with zero attached hydrogens (tertiary/aromatic N) is 1.